The van der Waals surface area contributed by atoms with Crippen LogP contribution in [-0.2, 0) is 0 Å². The molecular formula is C7H11ClN2. The highest BCUT2D eigenvalue weighted by molar-refractivity contribution is 6.17. The first-order valence-corrected chi connectivity index (χ1v) is 4.09. The second kappa shape index (κ2) is 3.23. The molecule has 0 amide bonds. The first-order chi connectivity index (χ1) is 4.83. The zero-order chi connectivity index (χ0) is 7.45. The van der Waals surface area contributed by atoms with Crippen LogP contribution in [0.4, 0.5) is 0 Å². The van der Waals surface area contributed by atoms with Crippen LogP contribution in [0, 0.1) is 11.3 Å². The minimum absolute atomic E-state index is 0.290. The van der Waals surface area contributed by atoms with Crippen LogP contribution in [0.15, 0.2) is 0 Å². The van der Waals surface area contributed by atoms with Crippen LogP contribution >= 0.6 is 11.6 Å². The Bertz CT molecular complexity index is 144. The highest BCUT2D eigenvalue weighted by atomic mass is 35.5. The number of hydrogen-bond acceptors (Lipinski definition) is 2. The van der Waals surface area contributed by atoms with Gasteiger partial charge in [0, 0.05) is 5.88 Å². The van der Waals surface area contributed by atoms with E-state index in [0.29, 0.717) is 5.88 Å². The molecule has 1 heterocycles. The third-order valence-corrected chi connectivity index (χ3v) is 2.17. The van der Waals surface area contributed by atoms with Crippen molar-refractivity contribution in [1.82, 2.24) is 5.32 Å². The van der Waals surface area contributed by atoms with E-state index in [4.69, 9.17) is 16.9 Å². The standard InChI is InChI=1S/C7H11ClN2/c8-4-3-7(6-9)2-1-5-10-7/h10H,1-5H2. The van der Waals surface area contributed by atoms with E-state index in [1.54, 1.807) is 0 Å². The summed E-state index contributed by atoms with van der Waals surface area (Å²) in [5, 5.41) is 12.0. The van der Waals surface area contributed by atoms with Gasteiger partial charge in [0.15, 0.2) is 0 Å². The molecule has 3 heteroatoms. The van der Waals surface area contributed by atoms with Gasteiger partial charge >= 0.3 is 0 Å². The van der Waals surface area contributed by atoms with Gasteiger partial charge in [0.25, 0.3) is 0 Å². The number of nitriles is 1. The van der Waals surface area contributed by atoms with Gasteiger partial charge in [0.2, 0.25) is 0 Å². The molecule has 56 valence electrons. The van der Waals surface area contributed by atoms with E-state index in [1.165, 1.54) is 0 Å². The minimum atomic E-state index is -0.290. The Morgan fingerprint density at radius 2 is 2.50 bits per heavy atom. The van der Waals surface area contributed by atoms with Gasteiger partial charge in [-0.25, -0.2) is 0 Å². The van der Waals surface area contributed by atoms with Crippen molar-refractivity contribution in [3.05, 3.63) is 0 Å². The summed E-state index contributed by atoms with van der Waals surface area (Å²) in [4.78, 5) is 0. The Morgan fingerprint density at radius 3 is 2.90 bits per heavy atom. The van der Waals surface area contributed by atoms with Crippen LogP contribution in [0.2, 0.25) is 0 Å². The molecule has 0 aliphatic carbocycles. The minimum Gasteiger partial charge on any atom is -0.299 e. The highest BCUT2D eigenvalue weighted by Gasteiger charge is 2.32. The van der Waals surface area contributed by atoms with Crippen LogP contribution < -0.4 is 5.32 Å². The van der Waals surface area contributed by atoms with Crippen LogP contribution in [0.25, 0.3) is 0 Å². The summed E-state index contributed by atoms with van der Waals surface area (Å²) in [7, 11) is 0. The topological polar surface area (TPSA) is 35.8 Å². The Kier molecular flexibility index (Phi) is 2.53. The summed E-state index contributed by atoms with van der Waals surface area (Å²) in [6.07, 6.45) is 2.83. The lowest BCUT2D eigenvalue weighted by atomic mass is 9.97. The predicted octanol–water partition coefficient (Wildman–Crippen LogP) is 1.26. The Hall–Kier alpha value is -0.260. The number of halogens is 1. The molecule has 1 rings (SSSR count). The average molecular weight is 159 g/mol. The summed E-state index contributed by atoms with van der Waals surface area (Å²) in [6.45, 7) is 0.963. The van der Waals surface area contributed by atoms with Gasteiger partial charge in [-0.3, -0.25) is 5.32 Å². The third-order valence-electron chi connectivity index (χ3n) is 1.98. The summed E-state index contributed by atoms with van der Waals surface area (Å²) in [5.74, 6) is 0.570. The monoisotopic (exact) mass is 158 g/mol. The number of nitrogens with zero attached hydrogens (tertiary/aromatic N) is 1. The summed E-state index contributed by atoms with van der Waals surface area (Å²) in [6, 6.07) is 2.28. The van der Waals surface area contributed by atoms with Crippen molar-refractivity contribution in [1.29, 1.82) is 5.26 Å². The molecule has 10 heavy (non-hydrogen) atoms. The maximum absolute atomic E-state index is 8.78. The van der Waals surface area contributed by atoms with Gasteiger partial charge < -0.3 is 0 Å². The molecule has 1 atom stereocenters. The number of hydrogen-bond donors (Lipinski definition) is 1. The number of nitrogens with one attached hydrogen (secondary N) is 1. The molecule has 0 bridgehead atoms. The fourth-order valence-electron chi connectivity index (χ4n) is 1.33. The third kappa shape index (κ3) is 1.42. The van der Waals surface area contributed by atoms with Crippen LogP contribution in [-0.4, -0.2) is 18.0 Å². The van der Waals surface area contributed by atoms with Gasteiger partial charge in [-0.15, -0.1) is 11.6 Å². The Balaban J connectivity index is 2.51. The van der Waals surface area contributed by atoms with Gasteiger partial charge in [-0.1, -0.05) is 0 Å². The van der Waals surface area contributed by atoms with Gasteiger partial charge in [-0.05, 0) is 25.8 Å². The SMILES string of the molecule is N#CC1(CCCl)CCCN1. The summed E-state index contributed by atoms with van der Waals surface area (Å²) >= 11 is 5.56. The average Bonchev–Trinajstić information content (AvgIpc) is 2.39. The lowest BCUT2D eigenvalue weighted by Crippen LogP contribution is -2.38. The molecule has 0 spiro atoms. The molecule has 1 aliphatic heterocycles. The van der Waals surface area contributed by atoms with Crippen LogP contribution in [0.1, 0.15) is 19.3 Å². The van der Waals surface area contributed by atoms with Crippen molar-refractivity contribution in [2.45, 2.75) is 24.8 Å². The van der Waals surface area contributed by atoms with Gasteiger partial charge in [0.05, 0.1) is 6.07 Å². The van der Waals surface area contributed by atoms with Gasteiger partial charge in [0.1, 0.15) is 5.54 Å². The second-order valence-electron chi connectivity index (χ2n) is 2.66. The van der Waals surface area contributed by atoms with Crippen LogP contribution in [0.5, 0.6) is 0 Å². The zero-order valence-corrected chi connectivity index (χ0v) is 6.62. The smallest absolute Gasteiger partial charge is 0.107 e. The van der Waals surface area contributed by atoms with E-state index >= 15 is 0 Å². The molecule has 1 fully saturated rings. The molecule has 0 radical (unpaired) electrons. The van der Waals surface area contributed by atoms with E-state index in [9.17, 15) is 0 Å². The molecule has 0 aromatic carbocycles. The summed E-state index contributed by atoms with van der Waals surface area (Å²) in [5.41, 5.74) is -0.290. The van der Waals surface area contributed by atoms with Gasteiger partial charge in [-0.2, -0.15) is 5.26 Å². The van der Waals surface area contributed by atoms with E-state index in [-0.39, 0.29) is 5.54 Å². The quantitative estimate of drug-likeness (QED) is 0.615. The molecule has 0 aromatic heterocycles. The highest BCUT2D eigenvalue weighted by Crippen LogP contribution is 2.22. The molecule has 1 N–H and O–H groups in total. The largest absolute Gasteiger partial charge is 0.299 e. The molecule has 0 aromatic rings. The maximum Gasteiger partial charge on any atom is 0.107 e. The normalized spacial score (nSPS) is 32.0. The van der Waals surface area contributed by atoms with E-state index in [1.807, 2.05) is 0 Å². The summed E-state index contributed by atoms with van der Waals surface area (Å²) < 4.78 is 0. The van der Waals surface area contributed by atoms with Crippen molar-refractivity contribution in [2.75, 3.05) is 12.4 Å². The molecule has 1 saturated heterocycles. The maximum atomic E-state index is 8.78. The number of alkyl halides is 1. The fraction of sp³-hybridized carbons (Fsp3) is 0.857. The predicted molar refractivity (Wildman–Crippen MR) is 40.9 cm³/mol. The van der Waals surface area contributed by atoms with E-state index in [2.05, 4.69) is 11.4 Å². The fourth-order valence-corrected chi connectivity index (χ4v) is 1.65. The second-order valence-corrected chi connectivity index (χ2v) is 3.04. The van der Waals surface area contributed by atoms with E-state index in [0.717, 1.165) is 25.8 Å². The molecule has 2 nitrogen and oxygen atoms in total. The molecule has 1 aliphatic rings. The lowest BCUT2D eigenvalue weighted by Gasteiger charge is -2.18. The molecular weight excluding hydrogens is 148 g/mol. The van der Waals surface area contributed by atoms with Crippen molar-refractivity contribution in [2.24, 2.45) is 0 Å². The van der Waals surface area contributed by atoms with Crippen molar-refractivity contribution >= 4 is 11.6 Å². The first-order valence-electron chi connectivity index (χ1n) is 3.55. The Labute approximate surface area is 66.2 Å². The Morgan fingerprint density at radius 1 is 1.70 bits per heavy atom. The lowest BCUT2D eigenvalue weighted by molar-refractivity contribution is 0.470. The van der Waals surface area contributed by atoms with Crippen LogP contribution in [0.3, 0.4) is 0 Å². The van der Waals surface area contributed by atoms with E-state index < -0.39 is 0 Å². The molecule has 0 saturated carbocycles. The first kappa shape index (κ1) is 7.84. The van der Waals surface area contributed by atoms with Crippen molar-refractivity contribution < 1.29 is 0 Å². The zero-order valence-electron chi connectivity index (χ0n) is 5.86. The van der Waals surface area contributed by atoms with Crippen molar-refractivity contribution in [3.8, 4) is 6.07 Å². The molecule has 1 unspecified atom stereocenters. The number of rotatable bonds is 2. The van der Waals surface area contributed by atoms with Crippen molar-refractivity contribution in [3.63, 3.8) is 0 Å².